The molecule has 0 aliphatic heterocycles. The Labute approximate surface area is 162 Å². The maximum atomic E-state index is 12.5. The molecule has 0 saturated carbocycles. The minimum Gasteiger partial charge on any atom is -0.408 e. The number of nitrogens with one attached hydrogen (secondary N) is 2. The molecular weight excluding hydrogens is 358 g/mol. The number of para-hydroxylation sites is 2. The van der Waals surface area contributed by atoms with Crippen molar-refractivity contribution >= 4 is 28.6 Å². The van der Waals surface area contributed by atoms with Gasteiger partial charge in [-0.25, -0.2) is 4.79 Å². The van der Waals surface area contributed by atoms with Gasteiger partial charge in [0.1, 0.15) is 6.04 Å². The third-order valence-electron chi connectivity index (χ3n) is 4.50. The van der Waals surface area contributed by atoms with Crippen LogP contribution in [0.4, 0.5) is 5.69 Å². The highest BCUT2D eigenvalue weighted by molar-refractivity contribution is 5.92. The molecule has 2 aromatic carbocycles. The van der Waals surface area contributed by atoms with E-state index in [1.165, 1.54) is 4.57 Å². The average Bonchev–Trinajstić information content (AvgIpc) is 3.02. The monoisotopic (exact) mass is 381 g/mol. The van der Waals surface area contributed by atoms with Gasteiger partial charge in [0.25, 0.3) is 0 Å². The van der Waals surface area contributed by atoms with Crippen molar-refractivity contribution < 1.29 is 14.0 Å². The zero-order chi connectivity index (χ0) is 20.3. The number of benzene rings is 2. The minimum absolute atomic E-state index is 0.0485. The lowest BCUT2D eigenvalue weighted by molar-refractivity contribution is -0.124. The fraction of sp³-hybridized carbons (Fsp3) is 0.286. The van der Waals surface area contributed by atoms with Gasteiger partial charge in [0.2, 0.25) is 11.8 Å². The van der Waals surface area contributed by atoms with Gasteiger partial charge < -0.3 is 15.1 Å². The van der Waals surface area contributed by atoms with E-state index in [-0.39, 0.29) is 17.7 Å². The molecule has 146 valence electrons. The smallest absolute Gasteiger partial charge is 0.408 e. The van der Waals surface area contributed by atoms with Gasteiger partial charge in [0.15, 0.2) is 5.58 Å². The predicted molar refractivity (Wildman–Crippen MR) is 107 cm³/mol. The van der Waals surface area contributed by atoms with Crippen molar-refractivity contribution in [1.29, 1.82) is 0 Å². The summed E-state index contributed by atoms with van der Waals surface area (Å²) in [6, 6.07) is 13.5. The topological polar surface area (TPSA) is 93.3 Å². The molecular formula is C21H23N3O4. The van der Waals surface area contributed by atoms with E-state index in [1.807, 2.05) is 26.0 Å². The summed E-state index contributed by atoms with van der Waals surface area (Å²) < 4.78 is 6.53. The third kappa shape index (κ3) is 4.14. The molecule has 0 aliphatic carbocycles. The van der Waals surface area contributed by atoms with Crippen LogP contribution in [-0.4, -0.2) is 16.4 Å². The second-order valence-corrected chi connectivity index (χ2v) is 6.94. The van der Waals surface area contributed by atoms with Gasteiger partial charge >= 0.3 is 5.76 Å². The molecule has 0 bridgehead atoms. The number of carbonyl (C=O) groups is 2. The van der Waals surface area contributed by atoms with Gasteiger partial charge in [-0.1, -0.05) is 38.1 Å². The number of amides is 2. The molecule has 1 aromatic heterocycles. The maximum Gasteiger partial charge on any atom is 0.420 e. The van der Waals surface area contributed by atoms with Crippen LogP contribution >= 0.6 is 0 Å². The lowest BCUT2D eigenvalue weighted by atomic mass is 10.1. The van der Waals surface area contributed by atoms with Crippen molar-refractivity contribution in [3.8, 4) is 0 Å². The van der Waals surface area contributed by atoms with Gasteiger partial charge in [-0.3, -0.25) is 14.2 Å². The largest absolute Gasteiger partial charge is 0.420 e. The number of nitrogens with zero attached hydrogens (tertiary/aromatic N) is 1. The Balaban J connectivity index is 1.64. The predicted octanol–water partition coefficient (Wildman–Crippen LogP) is 3.07. The molecule has 3 aromatic rings. The fourth-order valence-corrected chi connectivity index (χ4v) is 2.80. The second kappa shape index (κ2) is 8.12. The zero-order valence-electron chi connectivity index (χ0n) is 16.1. The molecule has 3 rings (SSSR count). The van der Waals surface area contributed by atoms with Gasteiger partial charge in [-0.15, -0.1) is 0 Å². The van der Waals surface area contributed by atoms with Crippen molar-refractivity contribution in [3.05, 3.63) is 64.6 Å². The van der Waals surface area contributed by atoms with Crippen LogP contribution in [0.3, 0.4) is 0 Å². The minimum atomic E-state index is -0.708. The standard InChI is InChI=1S/C21H23N3O4/c1-13(2)19(25)23-16-10-8-15(9-11-16)12-22-20(26)14(3)24-17-6-4-5-7-18(17)28-21(24)27/h4-11,13-14H,12H2,1-3H3,(H,22,26)(H,23,25). The molecule has 0 radical (unpaired) electrons. The molecule has 0 fully saturated rings. The second-order valence-electron chi connectivity index (χ2n) is 6.94. The van der Waals surface area contributed by atoms with Crippen molar-refractivity contribution in [3.63, 3.8) is 0 Å². The summed E-state index contributed by atoms with van der Waals surface area (Å²) in [6.07, 6.45) is 0. The summed E-state index contributed by atoms with van der Waals surface area (Å²) in [5, 5.41) is 5.65. The van der Waals surface area contributed by atoms with E-state index in [1.54, 1.807) is 43.3 Å². The highest BCUT2D eigenvalue weighted by Crippen LogP contribution is 2.17. The van der Waals surface area contributed by atoms with Gasteiger partial charge in [-0.05, 0) is 36.8 Å². The molecule has 1 heterocycles. The molecule has 1 unspecified atom stereocenters. The van der Waals surface area contributed by atoms with E-state index in [4.69, 9.17) is 4.42 Å². The van der Waals surface area contributed by atoms with Crippen molar-refractivity contribution in [2.24, 2.45) is 5.92 Å². The van der Waals surface area contributed by atoms with Crippen LogP contribution in [0.15, 0.2) is 57.7 Å². The Kier molecular flexibility index (Phi) is 5.63. The van der Waals surface area contributed by atoms with E-state index in [0.29, 0.717) is 23.3 Å². The molecule has 0 saturated heterocycles. The van der Waals surface area contributed by atoms with Gasteiger partial charge in [0.05, 0.1) is 5.52 Å². The van der Waals surface area contributed by atoms with E-state index in [9.17, 15) is 14.4 Å². The molecule has 0 spiro atoms. The summed E-state index contributed by atoms with van der Waals surface area (Å²) in [6.45, 7) is 5.62. The Morgan fingerprint density at radius 3 is 2.36 bits per heavy atom. The number of oxazole rings is 1. The molecule has 0 aliphatic rings. The van der Waals surface area contributed by atoms with Crippen molar-refractivity contribution in [2.75, 3.05) is 5.32 Å². The van der Waals surface area contributed by atoms with Crippen LogP contribution in [0.25, 0.3) is 11.1 Å². The summed E-state index contributed by atoms with van der Waals surface area (Å²) in [5.74, 6) is -0.990. The molecule has 7 heteroatoms. The summed E-state index contributed by atoms with van der Waals surface area (Å²) in [7, 11) is 0. The van der Waals surface area contributed by atoms with Crippen LogP contribution < -0.4 is 16.4 Å². The number of hydrogen-bond acceptors (Lipinski definition) is 4. The molecule has 1 atom stereocenters. The first-order valence-electron chi connectivity index (χ1n) is 9.14. The summed E-state index contributed by atoms with van der Waals surface area (Å²) >= 11 is 0. The number of carbonyl (C=O) groups excluding carboxylic acids is 2. The number of rotatable bonds is 6. The molecule has 2 amide bonds. The third-order valence-corrected chi connectivity index (χ3v) is 4.50. The van der Waals surface area contributed by atoms with E-state index in [2.05, 4.69) is 10.6 Å². The number of aromatic nitrogens is 1. The van der Waals surface area contributed by atoms with Crippen LogP contribution in [0.2, 0.25) is 0 Å². The normalized spacial score (nSPS) is 12.1. The number of fused-ring (bicyclic) bond motifs is 1. The first-order chi connectivity index (χ1) is 13.4. The lowest BCUT2D eigenvalue weighted by Gasteiger charge is -2.13. The van der Waals surface area contributed by atoms with E-state index >= 15 is 0 Å². The fourth-order valence-electron chi connectivity index (χ4n) is 2.80. The van der Waals surface area contributed by atoms with Crippen molar-refractivity contribution in [1.82, 2.24) is 9.88 Å². The highest BCUT2D eigenvalue weighted by atomic mass is 16.4. The Morgan fingerprint density at radius 2 is 1.68 bits per heavy atom. The average molecular weight is 381 g/mol. The SMILES string of the molecule is CC(C)C(=O)Nc1ccc(CNC(=O)C(C)n2c(=O)oc3ccccc32)cc1. The zero-order valence-corrected chi connectivity index (χ0v) is 16.1. The summed E-state index contributed by atoms with van der Waals surface area (Å²) in [5.41, 5.74) is 2.62. The van der Waals surface area contributed by atoms with E-state index in [0.717, 1.165) is 5.56 Å². The Bertz CT molecular complexity index is 1050. The highest BCUT2D eigenvalue weighted by Gasteiger charge is 2.20. The van der Waals surface area contributed by atoms with Crippen molar-refractivity contribution in [2.45, 2.75) is 33.4 Å². The van der Waals surface area contributed by atoms with Crippen LogP contribution in [-0.2, 0) is 16.1 Å². The van der Waals surface area contributed by atoms with Gasteiger partial charge in [0, 0.05) is 18.2 Å². The first kappa shape index (κ1) is 19.4. The van der Waals surface area contributed by atoms with Crippen LogP contribution in [0, 0.1) is 5.92 Å². The molecule has 28 heavy (non-hydrogen) atoms. The van der Waals surface area contributed by atoms with Crippen LogP contribution in [0.5, 0.6) is 0 Å². The first-order valence-corrected chi connectivity index (χ1v) is 9.14. The van der Waals surface area contributed by atoms with E-state index < -0.39 is 11.8 Å². The van der Waals surface area contributed by atoms with Gasteiger partial charge in [-0.2, -0.15) is 0 Å². The summed E-state index contributed by atoms with van der Waals surface area (Å²) in [4.78, 5) is 36.4. The lowest BCUT2D eigenvalue weighted by Crippen LogP contribution is -2.34. The molecule has 7 nitrogen and oxygen atoms in total. The Hall–Kier alpha value is -3.35. The number of hydrogen-bond donors (Lipinski definition) is 2. The Morgan fingerprint density at radius 1 is 1.00 bits per heavy atom. The molecule has 2 N–H and O–H groups in total. The van der Waals surface area contributed by atoms with Crippen LogP contribution in [0.1, 0.15) is 32.4 Å². The maximum absolute atomic E-state index is 12.5. The quantitative estimate of drug-likeness (QED) is 0.686. The number of anilines is 1.